The molecule has 1 unspecified atom stereocenters. The van der Waals surface area contributed by atoms with Gasteiger partial charge in [0.25, 0.3) is 0 Å². The van der Waals surface area contributed by atoms with Crippen molar-refractivity contribution in [2.75, 3.05) is 20.1 Å². The number of furan rings is 1. The number of carbonyl (C=O) groups excluding carboxylic acids is 1. The van der Waals surface area contributed by atoms with Crippen LogP contribution in [0.3, 0.4) is 0 Å². The number of nitrogens with zero attached hydrogens (tertiary/aromatic N) is 1. The fourth-order valence-electron chi connectivity index (χ4n) is 3.00. The first kappa shape index (κ1) is 14.1. The molecule has 0 saturated carbocycles. The molecular weight excluding hydrogens is 264 g/mol. The summed E-state index contributed by atoms with van der Waals surface area (Å²) >= 11 is 0. The molecule has 4 nitrogen and oxygen atoms in total. The fraction of sp³-hybridized carbons (Fsp3) is 0.471. The number of hydrogen-bond acceptors (Lipinski definition) is 3. The molecule has 1 aromatic heterocycles. The molecule has 0 radical (unpaired) electrons. The Morgan fingerprint density at radius 2 is 2.05 bits per heavy atom. The molecule has 0 aliphatic carbocycles. The zero-order valence-corrected chi connectivity index (χ0v) is 12.6. The number of piperidine rings is 1. The van der Waals surface area contributed by atoms with Gasteiger partial charge in [-0.25, -0.2) is 0 Å². The first-order valence-corrected chi connectivity index (χ1v) is 7.63. The standard InChI is InChI=1S/C17H22N2O2/c1-12(16-11-13-5-3-4-6-15(13)21-16)17(20)19-9-7-14(18-2)8-10-19/h3-6,11-12,14,18H,7-10H2,1-2H3. The van der Waals surface area contributed by atoms with Crippen LogP contribution in [0, 0.1) is 0 Å². The molecule has 1 amide bonds. The summed E-state index contributed by atoms with van der Waals surface area (Å²) in [4.78, 5) is 14.6. The summed E-state index contributed by atoms with van der Waals surface area (Å²) in [6.45, 7) is 3.59. The quantitative estimate of drug-likeness (QED) is 0.943. The van der Waals surface area contributed by atoms with Crippen LogP contribution in [0.2, 0.25) is 0 Å². The lowest BCUT2D eigenvalue weighted by Gasteiger charge is -2.33. The Labute approximate surface area is 125 Å². The first-order valence-electron chi connectivity index (χ1n) is 7.63. The minimum absolute atomic E-state index is 0.170. The predicted octanol–water partition coefficient (Wildman–Crippen LogP) is 2.75. The lowest BCUT2D eigenvalue weighted by Crippen LogP contribution is -2.45. The molecule has 1 fully saturated rings. The number of fused-ring (bicyclic) bond motifs is 1. The highest BCUT2D eigenvalue weighted by Crippen LogP contribution is 2.27. The third-order valence-corrected chi connectivity index (χ3v) is 4.46. The van der Waals surface area contributed by atoms with Crippen LogP contribution in [0.15, 0.2) is 34.7 Å². The molecule has 21 heavy (non-hydrogen) atoms. The van der Waals surface area contributed by atoms with Crippen molar-refractivity contribution in [3.05, 3.63) is 36.1 Å². The summed E-state index contributed by atoms with van der Waals surface area (Å²) in [5, 5.41) is 4.34. The molecule has 112 valence electrons. The van der Waals surface area contributed by atoms with Gasteiger partial charge in [0.15, 0.2) is 0 Å². The molecule has 2 heterocycles. The van der Waals surface area contributed by atoms with Crippen LogP contribution in [-0.2, 0) is 4.79 Å². The molecule has 1 atom stereocenters. The van der Waals surface area contributed by atoms with Gasteiger partial charge in [-0.3, -0.25) is 4.79 Å². The molecule has 0 spiro atoms. The molecule has 1 N–H and O–H groups in total. The second kappa shape index (κ2) is 5.90. The van der Waals surface area contributed by atoms with Gasteiger partial charge in [-0.05, 0) is 38.9 Å². The Bertz CT molecular complexity index is 594. The molecule has 1 aliphatic heterocycles. The van der Waals surface area contributed by atoms with E-state index in [2.05, 4.69) is 5.32 Å². The zero-order chi connectivity index (χ0) is 14.8. The number of amides is 1. The van der Waals surface area contributed by atoms with Gasteiger partial charge >= 0.3 is 0 Å². The predicted molar refractivity (Wildman–Crippen MR) is 83.3 cm³/mol. The van der Waals surface area contributed by atoms with Crippen molar-refractivity contribution >= 4 is 16.9 Å². The highest BCUT2D eigenvalue weighted by Gasteiger charge is 2.27. The van der Waals surface area contributed by atoms with E-state index in [1.807, 2.05) is 49.2 Å². The maximum absolute atomic E-state index is 12.6. The van der Waals surface area contributed by atoms with E-state index in [0.717, 1.165) is 42.7 Å². The van der Waals surface area contributed by atoms with Gasteiger partial charge in [0.2, 0.25) is 5.91 Å². The van der Waals surface area contributed by atoms with Gasteiger partial charge in [-0.15, -0.1) is 0 Å². The van der Waals surface area contributed by atoms with E-state index in [0.29, 0.717) is 6.04 Å². The van der Waals surface area contributed by atoms with Crippen molar-refractivity contribution in [1.82, 2.24) is 10.2 Å². The number of rotatable bonds is 3. The number of nitrogens with one attached hydrogen (secondary N) is 1. The third-order valence-electron chi connectivity index (χ3n) is 4.46. The monoisotopic (exact) mass is 286 g/mol. The topological polar surface area (TPSA) is 45.5 Å². The molecule has 4 heteroatoms. The summed E-state index contributed by atoms with van der Waals surface area (Å²) in [7, 11) is 1.99. The fourth-order valence-corrected chi connectivity index (χ4v) is 3.00. The first-order chi connectivity index (χ1) is 10.2. The van der Waals surface area contributed by atoms with Crippen LogP contribution < -0.4 is 5.32 Å². The van der Waals surface area contributed by atoms with E-state index < -0.39 is 0 Å². The van der Waals surface area contributed by atoms with Gasteiger partial charge < -0.3 is 14.6 Å². The van der Waals surface area contributed by atoms with Gasteiger partial charge in [-0.2, -0.15) is 0 Å². The van der Waals surface area contributed by atoms with Crippen molar-refractivity contribution in [1.29, 1.82) is 0 Å². The Balaban J connectivity index is 1.72. The average molecular weight is 286 g/mol. The summed E-state index contributed by atoms with van der Waals surface area (Å²) in [6, 6.07) is 10.4. The van der Waals surface area contributed by atoms with Crippen LogP contribution in [-0.4, -0.2) is 37.0 Å². The maximum Gasteiger partial charge on any atom is 0.233 e. The average Bonchev–Trinajstić information content (AvgIpc) is 2.97. The molecule has 1 saturated heterocycles. The third kappa shape index (κ3) is 2.81. The van der Waals surface area contributed by atoms with Crippen LogP contribution in [0.25, 0.3) is 11.0 Å². The normalized spacial score (nSPS) is 18.1. The van der Waals surface area contributed by atoms with Crippen LogP contribution in [0.4, 0.5) is 0 Å². The number of benzene rings is 1. The van der Waals surface area contributed by atoms with E-state index >= 15 is 0 Å². The lowest BCUT2D eigenvalue weighted by molar-refractivity contribution is -0.133. The summed E-state index contributed by atoms with van der Waals surface area (Å²) < 4.78 is 5.82. The number of para-hydroxylation sites is 1. The second-order valence-electron chi connectivity index (χ2n) is 5.80. The molecule has 2 aromatic rings. The molecular formula is C17H22N2O2. The van der Waals surface area contributed by atoms with Crippen molar-refractivity contribution in [2.24, 2.45) is 0 Å². The maximum atomic E-state index is 12.6. The second-order valence-corrected chi connectivity index (χ2v) is 5.80. The smallest absolute Gasteiger partial charge is 0.233 e. The zero-order valence-electron chi connectivity index (χ0n) is 12.6. The largest absolute Gasteiger partial charge is 0.460 e. The number of carbonyl (C=O) groups is 1. The molecule has 3 rings (SSSR count). The summed E-state index contributed by atoms with van der Waals surface area (Å²) in [6.07, 6.45) is 2.05. The van der Waals surface area contributed by atoms with Crippen molar-refractivity contribution in [3.8, 4) is 0 Å². The summed E-state index contributed by atoms with van der Waals surface area (Å²) in [5.74, 6) is 0.712. The number of likely N-dealkylation sites (tertiary alicyclic amines) is 1. The lowest BCUT2D eigenvalue weighted by atomic mass is 10.0. The van der Waals surface area contributed by atoms with Gasteiger partial charge in [0.1, 0.15) is 11.3 Å². The highest BCUT2D eigenvalue weighted by molar-refractivity contribution is 5.85. The van der Waals surface area contributed by atoms with E-state index in [9.17, 15) is 4.79 Å². The Morgan fingerprint density at radius 3 is 2.71 bits per heavy atom. The minimum atomic E-state index is -0.219. The summed E-state index contributed by atoms with van der Waals surface area (Å²) in [5.41, 5.74) is 0.848. The highest BCUT2D eigenvalue weighted by atomic mass is 16.3. The van der Waals surface area contributed by atoms with Crippen molar-refractivity contribution < 1.29 is 9.21 Å². The molecule has 1 aromatic carbocycles. The van der Waals surface area contributed by atoms with Gasteiger partial charge in [-0.1, -0.05) is 18.2 Å². The molecule has 0 bridgehead atoms. The Hall–Kier alpha value is -1.81. The molecule has 1 aliphatic rings. The van der Waals surface area contributed by atoms with E-state index in [-0.39, 0.29) is 11.8 Å². The SMILES string of the molecule is CNC1CCN(C(=O)C(C)c2cc3ccccc3o2)CC1. The van der Waals surface area contributed by atoms with Crippen LogP contribution >= 0.6 is 0 Å². The van der Waals surface area contributed by atoms with Crippen LogP contribution in [0.5, 0.6) is 0 Å². The minimum Gasteiger partial charge on any atom is -0.460 e. The van der Waals surface area contributed by atoms with Crippen molar-refractivity contribution in [3.63, 3.8) is 0 Å². The van der Waals surface area contributed by atoms with Crippen molar-refractivity contribution in [2.45, 2.75) is 31.7 Å². The van der Waals surface area contributed by atoms with Crippen LogP contribution in [0.1, 0.15) is 31.4 Å². The van der Waals surface area contributed by atoms with E-state index in [4.69, 9.17) is 4.42 Å². The Morgan fingerprint density at radius 1 is 1.33 bits per heavy atom. The van der Waals surface area contributed by atoms with E-state index in [1.165, 1.54) is 0 Å². The number of hydrogen-bond donors (Lipinski definition) is 1. The van der Waals surface area contributed by atoms with Gasteiger partial charge in [0, 0.05) is 24.5 Å². The van der Waals surface area contributed by atoms with E-state index in [1.54, 1.807) is 0 Å². The van der Waals surface area contributed by atoms with Gasteiger partial charge in [0.05, 0.1) is 5.92 Å². The Kier molecular flexibility index (Phi) is 3.97.